The Balaban J connectivity index is 2.09. The van der Waals surface area contributed by atoms with Gasteiger partial charge in [0.05, 0.1) is 18.8 Å². The van der Waals surface area contributed by atoms with Crippen molar-refractivity contribution >= 4 is 0 Å². The first-order valence-electron chi connectivity index (χ1n) is 4.46. The zero-order chi connectivity index (χ0) is 8.93. The second-order valence-electron chi connectivity index (χ2n) is 4.37. The van der Waals surface area contributed by atoms with Crippen molar-refractivity contribution in [2.24, 2.45) is 17.3 Å². The maximum absolute atomic E-state index is 9.66. The van der Waals surface area contributed by atoms with Gasteiger partial charge in [-0.05, 0) is 17.8 Å². The van der Waals surface area contributed by atoms with E-state index in [9.17, 15) is 10.2 Å². The molecule has 0 aromatic rings. The van der Waals surface area contributed by atoms with E-state index in [1.807, 2.05) is 6.92 Å². The molecule has 70 valence electrons. The highest BCUT2D eigenvalue weighted by atomic mass is 16.5. The van der Waals surface area contributed by atoms with E-state index >= 15 is 0 Å². The molecule has 0 spiro atoms. The van der Waals surface area contributed by atoms with Crippen LogP contribution in [0.3, 0.4) is 0 Å². The number of hydrogen-bond donors (Lipinski definition) is 2. The Morgan fingerprint density at radius 3 is 2.58 bits per heavy atom. The summed E-state index contributed by atoms with van der Waals surface area (Å²) in [6.07, 6.45) is -0.0736. The van der Waals surface area contributed by atoms with Gasteiger partial charge in [0.2, 0.25) is 0 Å². The zero-order valence-corrected chi connectivity index (χ0v) is 7.53. The van der Waals surface area contributed by atoms with Crippen molar-refractivity contribution in [1.82, 2.24) is 0 Å². The largest absolute Gasteiger partial charge is 0.390 e. The maximum atomic E-state index is 9.66. The van der Waals surface area contributed by atoms with Crippen molar-refractivity contribution in [2.45, 2.75) is 25.6 Å². The molecule has 0 bridgehead atoms. The van der Waals surface area contributed by atoms with Crippen LogP contribution in [0, 0.1) is 17.3 Å². The van der Waals surface area contributed by atoms with Gasteiger partial charge in [-0.25, -0.2) is 0 Å². The van der Waals surface area contributed by atoms with E-state index in [0.717, 1.165) is 6.42 Å². The number of ether oxygens (including phenoxy) is 1. The minimum atomic E-state index is -0.575. The van der Waals surface area contributed by atoms with Crippen molar-refractivity contribution < 1.29 is 14.9 Å². The summed E-state index contributed by atoms with van der Waals surface area (Å²) in [5.41, 5.74) is -0.0113. The lowest BCUT2D eigenvalue weighted by atomic mass is 9.99. The predicted molar refractivity (Wildman–Crippen MR) is 43.6 cm³/mol. The van der Waals surface area contributed by atoms with Crippen molar-refractivity contribution in [3.05, 3.63) is 0 Å². The van der Waals surface area contributed by atoms with E-state index in [-0.39, 0.29) is 11.3 Å². The third-order valence-corrected chi connectivity index (χ3v) is 3.66. The van der Waals surface area contributed by atoms with Crippen molar-refractivity contribution in [3.8, 4) is 0 Å². The van der Waals surface area contributed by atoms with Crippen LogP contribution < -0.4 is 0 Å². The molecule has 0 radical (unpaired) electrons. The van der Waals surface area contributed by atoms with Crippen LogP contribution in [0.25, 0.3) is 0 Å². The molecule has 2 aliphatic carbocycles. The second-order valence-corrected chi connectivity index (χ2v) is 4.37. The fourth-order valence-corrected chi connectivity index (χ4v) is 2.66. The third-order valence-electron chi connectivity index (χ3n) is 3.66. The molecule has 0 amide bonds. The second kappa shape index (κ2) is 2.44. The first kappa shape index (κ1) is 8.48. The van der Waals surface area contributed by atoms with E-state index in [4.69, 9.17) is 4.74 Å². The van der Waals surface area contributed by atoms with Gasteiger partial charge in [-0.3, -0.25) is 0 Å². The molecule has 0 aromatic heterocycles. The normalized spacial score (nSPS) is 57.0. The van der Waals surface area contributed by atoms with Crippen LogP contribution in [0.15, 0.2) is 0 Å². The van der Waals surface area contributed by atoms with Crippen LogP contribution in [-0.2, 0) is 4.74 Å². The highest BCUT2D eigenvalue weighted by Gasteiger charge is 2.67. The van der Waals surface area contributed by atoms with Gasteiger partial charge in [0.1, 0.15) is 0 Å². The molecule has 5 atom stereocenters. The van der Waals surface area contributed by atoms with Gasteiger partial charge in [-0.1, -0.05) is 6.92 Å². The number of hydrogen-bond acceptors (Lipinski definition) is 3. The number of methoxy groups -OCH3 is 1. The summed E-state index contributed by atoms with van der Waals surface area (Å²) in [5, 5.41) is 19.3. The Morgan fingerprint density at radius 1 is 1.50 bits per heavy atom. The van der Waals surface area contributed by atoms with Crippen LogP contribution in [-0.4, -0.2) is 36.1 Å². The summed E-state index contributed by atoms with van der Waals surface area (Å²) in [6, 6.07) is 0. The monoisotopic (exact) mass is 172 g/mol. The highest BCUT2D eigenvalue weighted by Crippen LogP contribution is 2.65. The lowest BCUT2D eigenvalue weighted by Gasteiger charge is -2.20. The minimum Gasteiger partial charge on any atom is -0.390 e. The SMILES string of the molecule is COC[C@@H]1[C@@H](O)[C@@H](O)[C@@]2(C)C[C@@H]12. The molecule has 0 unspecified atom stereocenters. The standard InChI is InChI=1S/C9H16O3/c1-9-3-6(9)5(4-12-2)7(10)8(9)11/h5-8,10-11H,3-4H2,1-2H3/t5-,6-,7+,8+,9-/m0/s1. The first-order valence-corrected chi connectivity index (χ1v) is 4.46. The molecule has 2 rings (SSSR count). The quantitative estimate of drug-likeness (QED) is 0.617. The number of aliphatic hydroxyl groups excluding tert-OH is 2. The summed E-state index contributed by atoms with van der Waals surface area (Å²) in [6.45, 7) is 2.61. The molecule has 0 aliphatic heterocycles. The van der Waals surface area contributed by atoms with E-state index in [0.29, 0.717) is 12.5 Å². The van der Waals surface area contributed by atoms with Gasteiger partial charge in [-0.15, -0.1) is 0 Å². The van der Waals surface area contributed by atoms with Crippen LogP contribution in [0.5, 0.6) is 0 Å². The fraction of sp³-hybridized carbons (Fsp3) is 1.00. The lowest BCUT2D eigenvalue weighted by molar-refractivity contribution is -0.0316. The molecular formula is C9H16O3. The Kier molecular flexibility index (Phi) is 1.72. The smallest absolute Gasteiger partial charge is 0.0859 e. The van der Waals surface area contributed by atoms with Crippen molar-refractivity contribution in [2.75, 3.05) is 13.7 Å². The molecule has 0 saturated heterocycles. The van der Waals surface area contributed by atoms with Crippen molar-refractivity contribution in [3.63, 3.8) is 0 Å². The van der Waals surface area contributed by atoms with E-state index in [2.05, 4.69) is 0 Å². The average molecular weight is 172 g/mol. The first-order chi connectivity index (χ1) is 5.61. The number of rotatable bonds is 2. The van der Waals surface area contributed by atoms with Crippen LogP contribution in [0.2, 0.25) is 0 Å². The maximum Gasteiger partial charge on any atom is 0.0859 e. The van der Waals surface area contributed by atoms with Gasteiger partial charge in [0.15, 0.2) is 0 Å². The molecule has 2 fully saturated rings. The molecule has 3 nitrogen and oxygen atoms in total. The predicted octanol–water partition coefficient (Wildman–Crippen LogP) is 0.0106. The molecular weight excluding hydrogens is 156 g/mol. The summed E-state index contributed by atoms with van der Waals surface area (Å²) in [4.78, 5) is 0. The Bertz CT molecular complexity index is 192. The third kappa shape index (κ3) is 0.873. The van der Waals surface area contributed by atoms with Crippen LogP contribution >= 0.6 is 0 Å². The van der Waals surface area contributed by atoms with Gasteiger partial charge >= 0.3 is 0 Å². The number of fused-ring (bicyclic) bond motifs is 1. The lowest BCUT2D eigenvalue weighted by Crippen LogP contribution is -2.33. The van der Waals surface area contributed by atoms with E-state index in [1.165, 1.54) is 0 Å². The minimum absolute atomic E-state index is 0.0113. The summed E-state index contributed by atoms with van der Waals surface area (Å²) in [7, 11) is 1.64. The Labute approximate surface area is 72.3 Å². The van der Waals surface area contributed by atoms with Gasteiger partial charge < -0.3 is 14.9 Å². The van der Waals surface area contributed by atoms with Gasteiger partial charge in [0, 0.05) is 13.0 Å². The summed E-state index contributed by atoms with van der Waals surface area (Å²) >= 11 is 0. The summed E-state index contributed by atoms with van der Waals surface area (Å²) < 4.78 is 5.02. The molecule has 0 heterocycles. The highest BCUT2D eigenvalue weighted by molar-refractivity contribution is 5.16. The van der Waals surface area contributed by atoms with Gasteiger partial charge in [-0.2, -0.15) is 0 Å². The molecule has 2 N–H and O–H groups in total. The Hall–Kier alpha value is -0.120. The molecule has 12 heavy (non-hydrogen) atoms. The van der Waals surface area contributed by atoms with Gasteiger partial charge in [0.25, 0.3) is 0 Å². The van der Waals surface area contributed by atoms with Crippen molar-refractivity contribution in [1.29, 1.82) is 0 Å². The molecule has 2 aliphatic rings. The van der Waals surface area contributed by atoms with Crippen LogP contribution in [0.1, 0.15) is 13.3 Å². The molecule has 3 heteroatoms. The average Bonchev–Trinajstić information content (AvgIpc) is 2.67. The Morgan fingerprint density at radius 2 is 2.17 bits per heavy atom. The van der Waals surface area contributed by atoms with E-state index in [1.54, 1.807) is 7.11 Å². The zero-order valence-electron chi connectivity index (χ0n) is 7.53. The summed E-state index contributed by atoms with van der Waals surface area (Å²) in [5.74, 6) is 0.623. The molecule has 0 aromatic carbocycles. The van der Waals surface area contributed by atoms with E-state index < -0.39 is 12.2 Å². The topological polar surface area (TPSA) is 49.7 Å². The number of aliphatic hydroxyl groups is 2. The fourth-order valence-electron chi connectivity index (χ4n) is 2.66. The van der Waals surface area contributed by atoms with Crippen LogP contribution in [0.4, 0.5) is 0 Å². The molecule has 2 saturated carbocycles.